The standard InChI is InChI=1S/C24H34N2O3/c1-26-16-23-14-18-7-6-17(22(27)25-9-10-29-12-11-28-2)13-20(18)24(15-23)8-4-3-5-19(24)21(23)26/h6-7,13,19,21H,3-5,8-12,14-16H2,1-2H3,(H,25,27)/t19-,21-,23?,24+/m0/s1. The second-order valence-electron chi connectivity index (χ2n) is 9.82. The Balaban J connectivity index is 1.35. The fourth-order valence-corrected chi connectivity index (χ4v) is 7.46. The van der Waals surface area contributed by atoms with E-state index in [0.717, 1.165) is 17.5 Å². The van der Waals surface area contributed by atoms with Crippen molar-refractivity contribution in [3.63, 3.8) is 0 Å². The maximum Gasteiger partial charge on any atom is 0.251 e. The molecule has 3 fully saturated rings. The molecule has 1 saturated heterocycles. The zero-order chi connectivity index (χ0) is 20.1. The Hall–Kier alpha value is -1.43. The molecule has 5 nitrogen and oxygen atoms in total. The first-order valence-corrected chi connectivity index (χ1v) is 11.3. The number of hydrogen-bond acceptors (Lipinski definition) is 4. The molecule has 4 atom stereocenters. The van der Waals surface area contributed by atoms with E-state index in [2.05, 4.69) is 29.4 Å². The van der Waals surface area contributed by atoms with E-state index in [-0.39, 0.29) is 5.91 Å². The van der Waals surface area contributed by atoms with Crippen LogP contribution in [0.25, 0.3) is 0 Å². The monoisotopic (exact) mass is 398 g/mol. The number of ether oxygens (including phenoxy) is 2. The van der Waals surface area contributed by atoms with Crippen LogP contribution in [0.3, 0.4) is 0 Å². The molecule has 0 radical (unpaired) electrons. The van der Waals surface area contributed by atoms with Crippen molar-refractivity contribution < 1.29 is 14.3 Å². The van der Waals surface area contributed by atoms with Crippen molar-refractivity contribution in [2.45, 2.75) is 50.0 Å². The molecule has 2 spiro atoms. The van der Waals surface area contributed by atoms with Crippen molar-refractivity contribution in [1.82, 2.24) is 10.2 Å². The predicted octanol–water partition coefficient (Wildman–Crippen LogP) is 2.77. The average Bonchev–Trinajstić information content (AvgIpc) is 2.91. The van der Waals surface area contributed by atoms with Crippen LogP contribution in [0.2, 0.25) is 0 Å². The summed E-state index contributed by atoms with van der Waals surface area (Å²) in [7, 11) is 3.98. The number of methoxy groups -OCH3 is 1. The van der Waals surface area contributed by atoms with Crippen LogP contribution in [-0.4, -0.2) is 63.9 Å². The van der Waals surface area contributed by atoms with Crippen molar-refractivity contribution in [2.75, 3.05) is 47.1 Å². The van der Waals surface area contributed by atoms with Gasteiger partial charge in [0.05, 0.1) is 19.8 Å². The zero-order valence-corrected chi connectivity index (χ0v) is 17.8. The first-order valence-electron chi connectivity index (χ1n) is 11.3. The Morgan fingerprint density at radius 1 is 1.28 bits per heavy atom. The van der Waals surface area contributed by atoms with Gasteiger partial charge in [-0.1, -0.05) is 18.9 Å². The van der Waals surface area contributed by atoms with Gasteiger partial charge < -0.3 is 19.7 Å². The quantitative estimate of drug-likeness (QED) is 0.718. The summed E-state index contributed by atoms with van der Waals surface area (Å²) < 4.78 is 10.4. The van der Waals surface area contributed by atoms with Gasteiger partial charge in [0, 0.05) is 42.6 Å². The van der Waals surface area contributed by atoms with Gasteiger partial charge in [-0.05, 0) is 61.9 Å². The molecule has 1 unspecified atom stereocenters. The number of carbonyl (C=O) groups is 1. The molecule has 1 aromatic rings. The van der Waals surface area contributed by atoms with Crippen molar-refractivity contribution in [3.05, 3.63) is 34.9 Å². The molecule has 4 aliphatic rings. The van der Waals surface area contributed by atoms with E-state index in [1.165, 1.54) is 56.2 Å². The van der Waals surface area contributed by atoms with E-state index < -0.39 is 0 Å². The van der Waals surface area contributed by atoms with Gasteiger partial charge in [0.15, 0.2) is 0 Å². The number of rotatable bonds is 7. The molecular weight excluding hydrogens is 364 g/mol. The lowest BCUT2D eigenvalue weighted by Gasteiger charge is -2.55. The van der Waals surface area contributed by atoms with Crippen LogP contribution in [0, 0.1) is 11.3 Å². The predicted molar refractivity (Wildman–Crippen MR) is 112 cm³/mol. The third-order valence-electron chi connectivity index (χ3n) is 8.23. The normalized spacial score (nSPS) is 34.7. The Bertz CT molecular complexity index is 796. The highest BCUT2D eigenvalue weighted by Gasteiger charge is 2.69. The number of likely N-dealkylation sites (tertiary alicyclic amines) is 1. The molecule has 1 amide bonds. The van der Waals surface area contributed by atoms with Crippen LogP contribution in [-0.2, 0) is 21.3 Å². The lowest BCUT2D eigenvalue weighted by Crippen LogP contribution is -2.62. The minimum absolute atomic E-state index is 0.0188. The van der Waals surface area contributed by atoms with Crippen molar-refractivity contribution in [2.24, 2.45) is 11.3 Å². The number of fused-ring (bicyclic) bond motifs is 2. The highest BCUT2D eigenvalue weighted by molar-refractivity contribution is 5.94. The maximum absolute atomic E-state index is 12.8. The fourth-order valence-electron chi connectivity index (χ4n) is 7.46. The van der Waals surface area contributed by atoms with Gasteiger partial charge in [-0.25, -0.2) is 0 Å². The first kappa shape index (κ1) is 19.5. The minimum Gasteiger partial charge on any atom is -0.382 e. The van der Waals surface area contributed by atoms with E-state index in [1.54, 1.807) is 7.11 Å². The summed E-state index contributed by atoms with van der Waals surface area (Å²) in [5.41, 5.74) is 4.63. The van der Waals surface area contributed by atoms with Gasteiger partial charge in [-0.2, -0.15) is 0 Å². The van der Waals surface area contributed by atoms with Crippen LogP contribution in [0.1, 0.15) is 53.6 Å². The molecule has 2 bridgehead atoms. The van der Waals surface area contributed by atoms with Crippen LogP contribution < -0.4 is 5.32 Å². The zero-order valence-electron chi connectivity index (χ0n) is 17.8. The molecular formula is C24H34N2O3. The topological polar surface area (TPSA) is 50.8 Å². The Morgan fingerprint density at radius 3 is 3.00 bits per heavy atom. The average molecular weight is 399 g/mol. The SMILES string of the molecule is COCCOCCNC(=O)c1ccc2c(c1)[C@@]13CCCC[C@H]1[C@@H]1N(C)CC1(C2)C3. The van der Waals surface area contributed by atoms with Gasteiger partial charge >= 0.3 is 0 Å². The number of nitrogens with one attached hydrogen (secondary N) is 1. The maximum atomic E-state index is 12.8. The highest BCUT2D eigenvalue weighted by atomic mass is 16.5. The van der Waals surface area contributed by atoms with Crippen molar-refractivity contribution in [1.29, 1.82) is 0 Å². The smallest absolute Gasteiger partial charge is 0.251 e. The first-order chi connectivity index (χ1) is 14.1. The second kappa shape index (κ2) is 7.36. The van der Waals surface area contributed by atoms with Crippen LogP contribution in [0.5, 0.6) is 0 Å². The fraction of sp³-hybridized carbons (Fsp3) is 0.708. The lowest BCUT2D eigenvalue weighted by atomic mass is 9.59. The van der Waals surface area contributed by atoms with Gasteiger partial charge in [0.1, 0.15) is 0 Å². The number of carbonyl (C=O) groups excluding carboxylic acids is 1. The van der Waals surface area contributed by atoms with Gasteiger partial charge in [0.2, 0.25) is 0 Å². The summed E-state index contributed by atoms with van der Waals surface area (Å²) in [4.78, 5) is 15.4. The number of nitrogens with zero attached hydrogens (tertiary/aromatic N) is 1. The number of hydrogen-bond donors (Lipinski definition) is 1. The molecule has 1 aromatic carbocycles. The molecule has 29 heavy (non-hydrogen) atoms. The number of amides is 1. The van der Waals surface area contributed by atoms with E-state index in [4.69, 9.17) is 9.47 Å². The highest BCUT2D eigenvalue weighted by Crippen LogP contribution is 2.69. The van der Waals surface area contributed by atoms with Gasteiger partial charge in [0.25, 0.3) is 5.91 Å². The summed E-state index contributed by atoms with van der Waals surface area (Å²) in [5, 5.41) is 3.02. The van der Waals surface area contributed by atoms with E-state index in [1.807, 2.05) is 6.07 Å². The molecule has 5 heteroatoms. The summed E-state index contributed by atoms with van der Waals surface area (Å²) in [6, 6.07) is 7.28. The molecule has 1 aliphatic heterocycles. The van der Waals surface area contributed by atoms with Crippen LogP contribution in [0.15, 0.2) is 18.2 Å². The van der Waals surface area contributed by atoms with Crippen molar-refractivity contribution in [3.8, 4) is 0 Å². The minimum atomic E-state index is 0.0188. The Labute approximate surface area is 174 Å². The molecule has 158 valence electrons. The second-order valence-corrected chi connectivity index (χ2v) is 9.82. The molecule has 0 aromatic heterocycles. The van der Waals surface area contributed by atoms with Gasteiger partial charge in [-0.15, -0.1) is 0 Å². The molecule has 5 rings (SSSR count). The molecule has 1 heterocycles. The lowest BCUT2D eigenvalue weighted by molar-refractivity contribution is -0.0519. The summed E-state index contributed by atoms with van der Waals surface area (Å²) in [6.07, 6.45) is 7.89. The Morgan fingerprint density at radius 2 is 2.17 bits per heavy atom. The van der Waals surface area contributed by atoms with Crippen LogP contribution in [0.4, 0.5) is 0 Å². The summed E-state index contributed by atoms with van der Waals surface area (Å²) >= 11 is 0. The molecule has 2 saturated carbocycles. The van der Waals surface area contributed by atoms with Gasteiger partial charge in [-0.3, -0.25) is 4.79 Å². The van der Waals surface area contributed by atoms with E-state index in [0.29, 0.717) is 37.2 Å². The largest absolute Gasteiger partial charge is 0.382 e. The summed E-state index contributed by atoms with van der Waals surface area (Å²) in [6.45, 7) is 3.44. The number of benzene rings is 1. The molecule has 1 N–H and O–H groups in total. The van der Waals surface area contributed by atoms with E-state index in [9.17, 15) is 4.79 Å². The third-order valence-corrected chi connectivity index (χ3v) is 8.23. The molecule has 3 aliphatic carbocycles. The Kier molecular flexibility index (Phi) is 4.96. The summed E-state index contributed by atoms with van der Waals surface area (Å²) in [5.74, 6) is 0.786. The third kappa shape index (κ3) is 2.96. The van der Waals surface area contributed by atoms with Crippen LogP contribution >= 0.6 is 0 Å². The van der Waals surface area contributed by atoms with Crippen molar-refractivity contribution >= 4 is 5.91 Å². The van der Waals surface area contributed by atoms with E-state index >= 15 is 0 Å².